The fourth-order valence-corrected chi connectivity index (χ4v) is 2.89. The van der Waals surface area contributed by atoms with Crippen LogP contribution in [0, 0.1) is 0 Å². The summed E-state index contributed by atoms with van der Waals surface area (Å²) in [5.41, 5.74) is 0.407. The monoisotopic (exact) mass is 331 g/mol. The van der Waals surface area contributed by atoms with Crippen LogP contribution >= 0.6 is 27.5 Å². The SMILES string of the molecule is COc1ccc(C(=O)NC2(CCl)CCC2)cc1Br. The van der Waals surface area contributed by atoms with Crippen LogP contribution in [-0.2, 0) is 0 Å². The van der Waals surface area contributed by atoms with E-state index in [2.05, 4.69) is 21.2 Å². The summed E-state index contributed by atoms with van der Waals surface area (Å²) in [5, 5.41) is 3.03. The fraction of sp³-hybridized carbons (Fsp3) is 0.462. The van der Waals surface area contributed by atoms with Crippen LogP contribution in [0.4, 0.5) is 0 Å². The largest absolute Gasteiger partial charge is 0.496 e. The van der Waals surface area contributed by atoms with E-state index in [9.17, 15) is 4.79 Å². The molecule has 98 valence electrons. The molecule has 1 fully saturated rings. The highest BCUT2D eigenvalue weighted by molar-refractivity contribution is 9.10. The van der Waals surface area contributed by atoms with Crippen molar-refractivity contribution in [2.45, 2.75) is 24.8 Å². The smallest absolute Gasteiger partial charge is 0.251 e. The van der Waals surface area contributed by atoms with Crippen molar-refractivity contribution in [1.29, 1.82) is 0 Å². The molecule has 0 unspecified atom stereocenters. The molecule has 5 heteroatoms. The summed E-state index contributed by atoms with van der Waals surface area (Å²) in [6.45, 7) is 0. The van der Waals surface area contributed by atoms with Crippen molar-refractivity contribution in [3.63, 3.8) is 0 Å². The zero-order chi connectivity index (χ0) is 13.2. The predicted octanol–water partition coefficient (Wildman–Crippen LogP) is 3.35. The number of nitrogens with one attached hydrogen (secondary N) is 1. The molecule has 1 aliphatic carbocycles. The van der Waals surface area contributed by atoms with Crippen LogP contribution in [0.1, 0.15) is 29.6 Å². The molecule has 0 bridgehead atoms. The van der Waals surface area contributed by atoms with Crippen molar-refractivity contribution >= 4 is 33.4 Å². The molecule has 1 amide bonds. The molecule has 0 atom stereocenters. The van der Waals surface area contributed by atoms with Crippen molar-refractivity contribution < 1.29 is 9.53 Å². The summed E-state index contributed by atoms with van der Waals surface area (Å²) in [6, 6.07) is 5.28. The maximum atomic E-state index is 12.1. The number of methoxy groups -OCH3 is 1. The van der Waals surface area contributed by atoms with Gasteiger partial charge in [-0.05, 0) is 53.4 Å². The first-order valence-corrected chi connectivity index (χ1v) is 7.15. The maximum absolute atomic E-state index is 12.1. The molecule has 1 N–H and O–H groups in total. The van der Waals surface area contributed by atoms with Gasteiger partial charge in [0.2, 0.25) is 0 Å². The number of hydrogen-bond donors (Lipinski definition) is 1. The molecule has 0 aliphatic heterocycles. The first-order chi connectivity index (χ1) is 8.60. The van der Waals surface area contributed by atoms with Gasteiger partial charge in [-0.2, -0.15) is 0 Å². The normalized spacial score (nSPS) is 16.8. The third-order valence-corrected chi connectivity index (χ3v) is 4.49. The van der Waals surface area contributed by atoms with E-state index in [0.29, 0.717) is 17.2 Å². The van der Waals surface area contributed by atoms with Crippen LogP contribution in [0.3, 0.4) is 0 Å². The number of ether oxygens (including phenoxy) is 1. The Labute approximate surface area is 120 Å². The number of benzene rings is 1. The molecule has 3 nitrogen and oxygen atoms in total. The zero-order valence-corrected chi connectivity index (χ0v) is 12.5. The summed E-state index contributed by atoms with van der Waals surface area (Å²) >= 11 is 9.30. The molecule has 0 aromatic heterocycles. The number of alkyl halides is 1. The second-order valence-corrected chi connectivity index (χ2v) is 5.69. The Kier molecular flexibility index (Phi) is 4.17. The van der Waals surface area contributed by atoms with Gasteiger partial charge in [0, 0.05) is 11.4 Å². The van der Waals surface area contributed by atoms with Gasteiger partial charge in [0.1, 0.15) is 5.75 Å². The van der Waals surface area contributed by atoms with E-state index in [0.717, 1.165) is 23.7 Å². The number of hydrogen-bond acceptors (Lipinski definition) is 2. The fourth-order valence-electron chi connectivity index (χ4n) is 2.02. The van der Waals surface area contributed by atoms with Crippen molar-refractivity contribution in [3.05, 3.63) is 28.2 Å². The Balaban J connectivity index is 2.11. The lowest BCUT2D eigenvalue weighted by Gasteiger charge is -2.41. The second-order valence-electron chi connectivity index (χ2n) is 4.57. The molecular weight excluding hydrogens is 318 g/mol. The minimum atomic E-state index is -0.203. The molecule has 18 heavy (non-hydrogen) atoms. The highest BCUT2D eigenvalue weighted by Crippen LogP contribution is 2.33. The number of carbonyl (C=O) groups excluding carboxylic acids is 1. The average Bonchev–Trinajstić information content (AvgIpc) is 2.33. The predicted molar refractivity (Wildman–Crippen MR) is 75.5 cm³/mol. The van der Waals surface area contributed by atoms with Gasteiger partial charge in [0.25, 0.3) is 5.91 Å². The first-order valence-electron chi connectivity index (χ1n) is 5.82. The number of rotatable bonds is 4. The number of carbonyl (C=O) groups is 1. The number of halogens is 2. The Morgan fingerprint density at radius 2 is 2.28 bits per heavy atom. The molecule has 0 saturated heterocycles. The summed E-state index contributed by atoms with van der Waals surface area (Å²) in [6.07, 6.45) is 3.04. The van der Waals surface area contributed by atoms with Crippen LogP contribution in [0.2, 0.25) is 0 Å². The van der Waals surface area contributed by atoms with Gasteiger partial charge in [-0.1, -0.05) is 0 Å². The van der Waals surface area contributed by atoms with Crippen molar-refractivity contribution in [2.75, 3.05) is 13.0 Å². The highest BCUT2D eigenvalue weighted by Gasteiger charge is 2.37. The van der Waals surface area contributed by atoms with Crippen molar-refractivity contribution in [1.82, 2.24) is 5.32 Å². The van der Waals surface area contributed by atoms with E-state index in [1.54, 1.807) is 25.3 Å². The third kappa shape index (κ3) is 2.64. The van der Waals surface area contributed by atoms with E-state index in [1.165, 1.54) is 0 Å². The van der Waals surface area contributed by atoms with Crippen molar-refractivity contribution in [2.24, 2.45) is 0 Å². The zero-order valence-electron chi connectivity index (χ0n) is 10.1. The topological polar surface area (TPSA) is 38.3 Å². The molecule has 2 rings (SSSR count). The van der Waals surface area contributed by atoms with Gasteiger partial charge < -0.3 is 10.1 Å². The summed E-state index contributed by atoms with van der Waals surface area (Å²) in [5.74, 6) is 1.09. The van der Waals surface area contributed by atoms with Crippen molar-refractivity contribution in [3.8, 4) is 5.75 Å². The van der Waals surface area contributed by atoms with E-state index in [-0.39, 0.29) is 11.4 Å². The van der Waals surface area contributed by atoms with E-state index >= 15 is 0 Å². The first kappa shape index (κ1) is 13.7. The minimum Gasteiger partial charge on any atom is -0.496 e. The Bertz CT molecular complexity index is 455. The molecule has 1 saturated carbocycles. The lowest BCUT2D eigenvalue weighted by atomic mass is 9.78. The summed E-state index contributed by atoms with van der Waals surface area (Å²) in [7, 11) is 1.59. The molecule has 1 aromatic carbocycles. The van der Waals surface area contributed by atoms with Gasteiger partial charge in [0.05, 0.1) is 17.1 Å². The van der Waals surface area contributed by atoms with Gasteiger partial charge in [-0.3, -0.25) is 4.79 Å². The van der Waals surface area contributed by atoms with E-state index in [1.807, 2.05) is 0 Å². The molecule has 0 radical (unpaired) electrons. The quantitative estimate of drug-likeness (QED) is 0.859. The van der Waals surface area contributed by atoms with Crippen LogP contribution in [0.5, 0.6) is 5.75 Å². The second kappa shape index (κ2) is 5.49. The van der Waals surface area contributed by atoms with Gasteiger partial charge in [-0.15, -0.1) is 11.6 Å². The van der Waals surface area contributed by atoms with Gasteiger partial charge in [0.15, 0.2) is 0 Å². The minimum absolute atomic E-state index is 0.0845. The van der Waals surface area contributed by atoms with Crippen LogP contribution in [0.25, 0.3) is 0 Å². The van der Waals surface area contributed by atoms with Gasteiger partial charge in [-0.25, -0.2) is 0 Å². The Morgan fingerprint density at radius 1 is 1.56 bits per heavy atom. The summed E-state index contributed by atoms with van der Waals surface area (Å²) < 4.78 is 5.90. The molecule has 0 heterocycles. The maximum Gasteiger partial charge on any atom is 0.251 e. The number of amides is 1. The molecule has 0 spiro atoms. The molecular formula is C13H15BrClNO2. The lowest BCUT2D eigenvalue weighted by Crippen LogP contribution is -2.55. The Morgan fingerprint density at radius 3 is 2.72 bits per heavy atom. The third-order valence-electron chi connectivity index (χ3n) is 3.36. The lowest BCUT2D eigenvalue weighted by molar-refractivity contribution is 0.0854. The van der Waals surface area contributed by atoms with E-state index in [4.69, 9.17) is 16.3 Å². The van der Waals surface area contributed by atoms with Gasteiger partial charge >= 0.3 is 0 Å². The van der Waals surface area contributed by atoms with E-state index < -0.39 is 0 Å². The Hall–Kier alpha value is -0.740. The highest BCUT2D eigenvalue weighted by atomic mass is 79.9. The van der Waals surface area contributed by atoms with Crippen LogP contribution in [-0.4, -0.2) is 24.4 Å². The molecule has 1 aromatic rings. The average molecular weight is 333 g/mol. The summed E-state index contributed by atoms with van der Waals surface area (Å²) in [4.78, 5) is 12.1. The molecule has 1 aliphatic rings. The standard InChI is InChI=1S/C13H15BrClNO2/c1-18-11-4-3-9(7-10(11)14)12(17)16-13(8-15)5-2-6-13/h3-4,7H,2,5-6,8H2,1H3,(H,16,17). The van der Waals surface area contributed by atoms with Crippen LogP contribution in [0.15, 0.2) is 22.7 Å². The van der Waals surface area contributed by atoms with Crippen LogP contribution < -0.4 is 10.1 Å².